The third-order valence-electron chi connectivity index (χ3n) is 1.65. The zero-order chi connectivity index (χ0) is 11.8. The molecule has 0 spiro atoms. The van der Waals surface area contributed by atoms with Crippen molar-refractivity contribution in [2.24, 2.45) is 0 Å². The zero-order valence-corrected chi connectivity index (χ0v) is 6.45. The van der Waals surface area contributed by atoms with Crippen LogP contribution in [0.1, 0.15) is 17.3 Å². The zero-order valence-electron chi connectivity index (χ0n) is 10.4. The molecule has 0 saturated carbocycles. The molecule has 1 aromatic rings. The van der Waals surface area contributed by atoms with Crippen LogP contribution in [-0.2, 0) is 4.74 Å². The Bertz CT molecular complexity index is 371. The number of hydrogen-bond donors (Lipinski definition) is 1. The number of aromatic nitrogens is 1. The Morgan fingerprint density at radius 3 is 3.42 bits per heavy atom. The van der Waals surface area contributed by atoms with E-state index in [0.717, 1.165) is 0 Å². The highest BCUT2D eigenvalue weighted by atomic mass is 16.5. The summed E-state index contributed by atoms with van der Waals surface area (Å²) >= 11 is 0. The second kappa shape index (κ2) is 3.65. The van der Waals surface area contributed by atoms with E-state index >= 15 is 0 Å². The van der Waals surface area contributed by atoms with Crippen molar-refractivity contribution >= 4 is 0 Å². The second-order valence-electron chi connectivity index (χ2n) is 2.47. The summed E-state index contributed by atoms with van der Waals surface area (Å²) in [5.41, 5.74) is 0.592. The predicted octanol–water partition coefficient (Wildman–Crippen LogP) is 0.742. The molecule has 1 atom stereocenters. The fourth-order valence-electron chi connectivity index (χ4n) is 1.05. The van der Waals surface area contributed by atoms with Gasteiger partial charge in [-0.15, -0.1) is 0 Å². The molecule has 1 saturated heterocycles. The monoisotopic (exact) mass is 168 g/mol. The molecule has 1 aliphatic rings. The maximum absolute atomic E-state index is 7.49. The predicted molar refractivity (Wildman–Crippen MR) is 45.8 cm³/mol. The third-order valence-corrected chi connectivity index (χ3v) is 1.65. The molecule has 2 rings (SSSR count). The minimum atomic E-state index is -2.37. The first-order chi connectivity index (χ1) is 7.42. The number of nitrogens with zero attached hydrogens (tertiary/aromatic N) is 1. The average molecular weight is 168 g/mol. The standard InChI is InChI=1S/C9H12N2O/c1-2-4-11-8(3-1)9-7-10-5-6-12-9/h1-4,9-10H,5-7H2/t9-/m0/s1/i5D2,6D2. The van der Waals surface area contributed by atoms with Crippen molar-refractivity contribution in [3.8, 4) is 0 Å². The highest BCUT2D eigenvalue weighted by Crippen LogP contribution is 2.14. The van der Waals surface area contributed by atoms with Crippen molar-refractivity contribution in [2.75, 3.05) is 19.6 Å². The number of morpholine rings is 1. The molecule has 2 heterocycles. The maximum atomic E-state index is 7.49. The van der Waals surface area contributed by atoms with Gasteiger partial charge in [0, 0.05) is 22.0 Å². The van der Waals surface area contributed by atoms with Gasteiger partial charge >= 0.3 is 0 Å². The van der Waals surface area contributed by atoms with E-state index in [0.29, 0.717) is 5.69 Å². The topological polar surface area (TPSA) is 34.2 Å². The van der Waals surface area contributed by atoms with Crippen LogP contribution in [0.2, 0.25) is 0 Å². The van der Waals surface area contributed by atoms with Crippen LogP contribution < -0.4 is 5.32 Å². The molecule has 0 unspecified atom stereocenters. The molecule has 0 amide bonds. The fourth-order valence-corrected chi connectivity index (χ4v) is 1.05. The number of ether oxygens (including phenoxy) is 1. The van der Waals surface area contributed by atoms with E-state index < -0.39 is 19.2 Å². The Hall–Kier alpha value is -0.930. The van der Waals surface area contributed by atoms with E-state index in [4.69, 9.17) is 10.2 Å². The van der Waals surface area contributed by atoms with Crippen LogP contribution in [0.25, 0.3) is 0 Å². The van der Waals surface area contributed by atoms with Gasteiger partial charge in [0.25, 0.3) is 0 Å². The molecule has 0 radical (unpaired) electrons. The van der Waals surface area contributed by atoms with Crippen molar-refractivity contribution in [1.82, 2.24) is 10.3 Å². The molecule has 1 aliphatic heterocycles. The first kappa shape index (κ1) is 4.35. The summed E-state index contributed by atoms with van der Waals surface area (Å²) in [7, 11) is 0. The Balaban J connectivity index is 2.18. The molecule has 64 valence electrons. The number of pyridine rings is 1. The molecule has 0 bridgehead atoms. The third kappa shape index (κ3) is 1.62. The summed E-state index contributed by atoms with van der Waals surface area (Å²) in [5, 5.41) is 2.49. The van der Waals surface area contributed by atoms with Crippen LogP contribution in [0.4, 0.5) is 0 Å². The van der Waals surface area contributed by atoms with Gasteiger partial charge in [0.15, 0.2) is 0 Å². The minimum Gasteiger partial charge on any atom is -0.369 e. The van der Waals surface area contributed by atoms with Gasteiger partial charge in [-0.1, -0.05) is 6.07 Å². The smallest absolute Gasteiger partial charge is 0.112 e. The molecule has 3 heteroatoms. The van der Waals surface area contributed by atoms with Gasteiger partial charge in [0.1, 0.15) is 6.10 Å². The summed E-state index contributed by atoms with van der Waals surface area (Å²) in [6.45, 7) is -4.35. The Morgan fingerprint density at radius 1 is 1.67 bits per heavy atom. The van der Waals surface area contributed by atoms with Crippen LogP contribution in [0.5, 0.6) is 0 Å². The Morgan fingerprint density at radius 2 is 2.67 bits per heavy atom. The van der Waals surface area contributed by atoms with Crippen LogP contribution in [0.3, 0.4) is 0 Å². The number of rotatable bonds is 1. The van der Waals surface area contributed by atoms with Gasteiger partial charge in [-0.25, -0.2) is 0 Å². The first-order valence-corrected chi connectivity index (χ1v) is 3.76. The van der Waals surface area contributed by atoms with Crippen molar-refractivity contribution in [3.05, 3.63) is 30.1 Å². The van der Waals surface area contributed by atoms with Gasteiger partial charge in [-0.2, -0.15) is 0 Å². The van der Waals surface area contributed by atoms with Crippen molar-refractivity contribution < 1.29 is 10.2 Å². The van der Waals surface area contributed by atoms with Crippen LogP contribution in [-0.4, -0.2) is 24.6 Å². The van der Waals surface area contributed by atoms with Crippen molar-refractivity contribution in [2.45, 2.75) is 6.10 Å². The Kier molecular flexibility index (Phi) is 1.32. The second-order valence-corrected chi connectivity index (χ2v) is 2.47. The highest BCUT2D eigenvalue weighted by Gasteiger charge is 2.15. The summed E-state index contributed by atoms with van der Waals surface area (Å²) in [6, 6.07) is 5.27. The largest absolute Gasteiger partial charge is 0.369 e. The lowest BCUT2D eigenvalue weighted by atomic mass is 10.2. The number of nitrogens with one attached hydrogen (secondary N) is 1. The van der Waals surface area contributed by atoms with E-state index in [1.165, 1.54) is 0 Å². The molecular formula is C9H12N2O. The summed E-state index contributed by atoms with van der Waals surface area (Å²) in [5.74, 6) is 0. The normalized spacial score (nSPS) is 37.2. The van der Waals surface area contributed by atoms with E-state index in [9.17, 15) is 0 Å². The van der Waals surface area contributed by atoms with E-state index in [-0.39, 0.29) is 6.54 Å². The van der Waals surface area contributed by atoms with Crippen LogP contribution in [0.15, 0.2) is 24.4 Å². The van der Waals surface area contributed by atoms with E-state index in [1.54, 1.807) is 24.4 Å². The molecular weight excluding hydrogens is 152 g/mol. The van der Waals surface area contributed by atoms with Gasteiger partial charge < -0.3 is 10.1 Å². The van der Waals surface area contributed by atoms with Crippen molar-refractivity contribution in [1.29, 1.82) is 0 Å². The summed E-state index contributed by atoms with van der Waals surface area (Å²) < 4.78 is 34.9. The van der Waals surface area contributed by atoms with Crippen molar-refractivity contribution in [3.63, 3.8) is 0 Å². The average Bonchev–Trinajstić information content (AvgIpc) is 2.23. The van der Waals surface area contributed by atoms with Gasteiger partial charge in [0.2, 0.25) is 0 Å². The molecule has 1 N–H and O–H groups in total. The van der Waals surface area contributed by atoms with Crippen LogP contribution in [0, 0.1) is 0 Å². The lowest BCUT2D eigenvalue weighted by Crippen LogP contribution is -2.33. The summed E-state index contributed by atoms with van der Waals surface area (Å²) in [4.78, 5) is 4.06. The minimum absolute atomic E-state index is 0.198. The van der Waals surface area contributed by atoms with Gasteiger partial charge in [-0.3, -0.25) is 4.98 Å². The van der Waals surface area contributed by atoms with Crippen LogP contribution >= 0.6 is 0 Å². The van der Waals surface area contributed by atoms with Gasteiger partial charge in [-0.05, 0) is 12.1 Å². The molecule has 1 aromatic heterocycles. The fraction of sp³-hybridized carbons (Fsp3) is 0.444. The summed E-state index contributed by atoms with van der Waals surface area (Å²) in [6.07, 6.45) is 1.03. The van der Waals surface area contributed by atoms with E-state index in [1.807, 2.05) is 0 Å². The molecule has 3 nitrogen and oxygen atoms in total. The molecule has 1 fully saturated rings. The molecule has 0 aromatic carbocycles. The number of hydrogen-bond acceptors (Lipinski definition) is 3. The molecule has 12 heavy (non-hydrogen) atoms. The lowest BCUT2D eigenvalue weighted by molar-refractivity contribution is 0.0250. The molecule has 0 aliphatic carbocycles. The first-order valence-electron chi connectivity index (χ1n) is 5.76. The SMILES string of the molecule is [2H]C1([2H])NC[C@@H](c2ccccn2)OC1([2H])[2H]. The highest BCUT2D eigenvalue weighted by molar-refractivity contribution is 5.07. The lowest BCUT2D eigenvalue weighted by Gasteiger charge is -2.22. The quantitative estimate of drug-likeness (QED) is 0.671. The maximum Gasteiger partial charge on any atom is 0.112 e. The Labute approximate surface area is 77.4 Å². The van der Waals surface area contributed by atoms with Gasteiger partial charge in [0.05, 0.1) is 15.0 Å². The van der Waals surface area contributed by atoms with E-state index in [2.05, 4.69) is 10.3 Å².